The third-order valence-corrected chi connectivity index (χ3v) is 4.31. The second-order valence-corrected chi connectivity index (χ2v) is 5.77. The van der Waals surface area contributed by atoms with Crippen LogP contribution in [0.1, 0.15) is 18.7 Å². The van der Waals surface area contributed by atoms with Gasteiger partial charge >= 0.3 is 0 Å². The van der Waals surface area contributed by atoms with Crippen molar-refractivity contribution < 1.29 is 14.4 Å². The van der Waals surface area contributed by atoms with Crippen molar-refractivity contribution in [2.75, 3.05) is 26.3 Å². The van der Waals surface area contributed by atoms with Gasteiger partial charge in [-0.05, 0) is 13.8 Å². The molecule has 23 heavy (non-hydrogen) atoms. The second kappa shape index (κ2) is 6.52. The van der Waals surface area contributed by atoms with Crippen LogP contribution in [0.2, 0.25) is 0 Å². The molecule has 2 aromatic heterocycles. The summed E-state index contributed by atoms with van der Waals surface area (Å²) in [5, 5.41) is 10.8. The van der Waals surface area contributed by atoms with Crippen molar-refractivity contribution in [3.05, 3.63) is 52.6 Å². The summed E-state index contributed by atoms with van der Waals surface area (Å²) < 4.78 is 8.64. The van der Waals surface area contributed by atoms with E-state index in [1.54, 1.807) is 6.07 Å². The number of aromatic hydroxyl groups is 1. The van der Waals surface area contributed by atoms with Gasteiger partial charge in [-0.15, -0.1) is 0 Å². The van der Waals surface area contributed by atoms with E-state index in [4.69, 9.17) is 4.74 Å². The molecule has 1 unspecified atom stereocenters. The molecule has 0 amide bonds. The lowest BCUT2D eigenvalue weighted by Crippen LogP contribution is -2.44. The van der Waals surface area contributed by atoms with Crippen LogP contribution in [0.25, 0.3) is 5.69 Å². The van der Waals surface area contributed by atoms with Gasteiger partial charge in [-0.3, -0.25) is 14.3 Å². The number of aromatic nitrogens is 2. The van der Waals surface area contributed by atoms with Gasteiger partial charge in [-0.2, -0.15) is 4.57 Å². The number of rotatable bonds is 3. The Labute approximate surface area is 135 Å². The average molecular weight is 316 g/mol. The summed E-state index contributed by atoms with van der Waals surface area (Å²) in [6.07, 6.45) is 3.49. The van der Waals surface area contributed by atoms with Gasteiger partial charge in [-0.25, -0.2) is 0 Å². The Hall–Kier alpha value is -2.18. The van der Waals surface area contributed by atoms with Crippen molar-refractivity contribution >= 4 is 0 Å². The number of aryl methyl sites for hydroxylation is 1. The predicted molar refractivity (Wildman–Crippen MR) is 85.7 cm³/mol. The monoisotopic (exact) mass is 316 g/mol. The Kier molecular flexibility index (Phi) is 4.45. The molecule has 0 radical (unpaired) electrons. The first-order valence-electron chi connectivity index (χ1n) is 7.83. The molecule has 1 aliphatic heterocycles. The Morgan fingerprint density at radius 3 is 2.52 bits per heavy atom. The average Bonchev–Trinajstić information content (AvgIpc) is 2.56. The lowest BCUT2D eigenvalue weighted by molar-refractivity contribution is -0.597. The number of morpholine rings is 1. The van der Waals surface area contributed by atoms with Crippen molar-refractivity contribution in [3.8, 4) is 11.6 Å². The molecule has 1 fully saturated rings. The zero-order valence-electron chi connectivity index (χ0n) is 13.5. The maximum Gasteiger partial charge on any atom is 0.274 e. The fourth-order valence-electron chi connectivity index (χ4n) is 3.06. The van der Waals surface area contributed by atoms with Crippen LogP contribution in [0.15, 0.2) is 41.5 Å². The highest BCUT2D eigenvalue weighted by Crippen LogP contribution is 2.24. The Morgan fingerprint density at radius 1 is 1.22 bits per heavy atom. The van der Waals surface area contributed by atoms with E-state index in [1.807, 2.05) is 49.0 Å². The SMILES string of the molecule is Cc1cc(=O)n(C(C)N2CCOCC2)c(O)c1-[n+]1ccccc1. The normalized spacial score (nSPS) is 17.1. The maximum atomic E-state index is 12.5. The molecule has 1 atom stereocenters. The van der Waals surface area contributed by atoms with Crippen molar-refractivity contribution in [3.63, 3.8) is 0 Å². The first kappa shape index (κ1) is 15.7. The minimum atomic E-state index is -0.227. The Morgan fingerprint density at radius 2 is 1.87 bits per heavy atom. The lowest BCUT2D eigenvalue weighted by Gasteiger charge is -2.33. The standard InChI is InChI=1S/C17H21N3O3/c1-13-12-15(21)20(14(2)18-8-10-23-11-9-18)17(22)16(13)19-6-4-3-5-7-19/h3-7,12,14H,8-11H2,1-2H3/p+1. The highest BCUT2D eigenvalue weighted by molar-refractivity contribution is 5.41. The molecule has 0 spiro atoms. The number of hydrogen-bond acceptors (Lipinski definition) is 4. The minimum Gasteiger partial charge on any atom is -0.490 e. The first-order valence-corrected chi connectivity index (χ1v) is 7.83. The second-order valence-electron chi connectivity index (χ2n) is 5.77. The van der Waals surface area contributed by atoms with Crippen molar-refractivity contribution in [2.24, 2.45) is 0 Å². The van der Waals surface area contributed by atoms with Crippen LogP contribution in [0.3, 0.4) is 0 Å². The van der Waals surface area contributed by atoms with E-state index in [0.29, 0.717) is 18.9 Å². The van der Waals surface area contributed by atoms with Crippen LogP contribution in [-0.2, 0) is 4.74 Å². The molecular formula is C17H22N3O3+. The fraction of sp³-hybridized carbons (Fsp3) is 0.412. The van der Waals surface area contributed by atoms with Crippen LogP contribution in [0.4, 0.5) is 0 Å². The van der Waals surface area contributed by atoms with Crippen molar-refractivity contribution in [1.29, 1.82) is 0 Å². The van der Waals surface area contributed by atoms with E-state index in [0.717, 1.165) is 18.7 Å². The minimum absolute atomic E-state index is 0.00908. The summed E-state index contributed by atoms with van der Waals surface area (Å²) in [6, 6.07) is 7.26. The van der Waals surface area contributed by atoms with Crippen LogP contribution in [0, 0.1) is 6.92 Å². The molecule has 2 aromatic rings. The van der Waals surface area contributed by atoms with Crippen molar-refractivity contribution in [2.45, 2.75) is 20.0 Å². The van der Waals surface area contributed by atoms with Gasteiger partial charge in [0.15, 0.2) is 12.4 Å². The number of ether oxygens (including phenoxy) is 1. The first-order chi connectivity index (χ1) is 11.1. The molecule has 0 saturated carbocycles. The molecule has 122 valence electrons. The molecular weight excluding hydrogens is 294 g/mol. The molecule has 0 aromatic carbocycles. The van der Waals surface area contributed by atoms with Crippen LogP contribution in [0.5, 0.6) is 5.88 Å². The topological polar surface area (TPSA) is 58.6 Å². The van der Waals surface area contributed by atoms with E-state index in [1.165, 1.54) is 4.57 Å². The molecule has 1 aliphatic rings. The highest BCUT2D eigenvalue weighted by atomic mass is 16.5. The van der Waals surface area contributed by atoms with Gasteiger partial charge in [0.1, 0.15) is 0 Å². The number of pyridine rings is 2. The van der Waals surface area contributed by atoms with Gasteiger partial charge in [0.25, 0.3) is 17.1 Å². The fourth-order valence-corrected chi connectivity index (χ4v) is 3.06. The lowest BCUT2D eigenvalue weighted by atomic mass is 10.2. The van der Waals surface area contributed by atoms with E-state index >= 15 is 0 Å². The highest BCUT2D eigenvalue weighted by Gasteiger charge is 2.27. The summed E-state index contributed by atoms with van der Waals surface area (Å²) in [4.78, 5) is 14.6. The molecule has 6 nitrogen and oxygen atoms in total. The summed E-state index contributed by atoms with van der Waals surface area (Å²) in [7, 11) is 0. The summed E-state index contributed by atoms with van der Waals surface area (Å²) in [5.41, 5.74) is 1.18. The maximum absolute atomic E-state index is 12.5. The number of nitrogens with zero attached hydrogens (tertiary/aromatic N) is 3. The van der Waals surface area contributed by atoms with Gasteiger partial charge in [0, 0.05) is 36.9 Å². The summed E-state index contributed by atoms with van der Waals surface area (Å²) >= 11 is 0. The molecule has 1 N–H and O–H groups in total. The molecule has 3 rings (SSSR count). The van der Waals surface area contributed by atoms with Gasteiger partial charge in [-0.1, -0.05) is 6.07 Å². The smallest absolute Gasteiger partial charge is 0.274 e. The van der Waals surface area contributed by atoms with E-state index in [-0.39, 0.29) is 17.6 Å². The molecule has 0 aliphatic carbocycles. The van der Waals surface area contributed by atoms with Gasteiger partial charge in [0.05, 0.1) is 19.4 Å². The predicted octanol–water partition coefficient (Wildman–Crippen LogP) is 0.990. The molecule has 1 saturated heterocycles. The zero-order chi connectivity index (χ0) is 16.4. The van der Waals surface area contributed by atoms with E-state index in [2.05, 4.69) is 4.90 Å². The summed E-state index contributed by atoms with van der Waals surface area (Å²) in [5.74, 6) is -0.00908. The van der Waals surface area contributed by atoms with Crippen molar-refractivity contribution in [1.82, 2.24) is 9.47 Å². The number of hydrogen-bond donors (Lipinski definition) is 1. The Bertz CT molecular complexity index is 737. The molecule has 6 heteroatoms. The molecule has 0 bridgehead atoms. The van der Waals surface area contributed by atoms with Gasteiger partial charge in [0.2, 0.25) is 0 Å². The van der Waals surface area contributed by atoms with Crippen LogP contribution < -0.4 is 10.1 Å². The largest absolute Gasteiger partial charge is 0.490 e. The third kappa shape index (κ3) is 3.00. The van der Waals surface area contributed by atoms with E-state index in [9.17, 15) is 9.90 Å². The quantitative estimate of drug-likeness (QED) is 0.858. The van der Waals surface area contributed by atoms with Crippen LogP contribution in [-0.4, -0.2) is 40.9 Å². The van der Waals surface area contributed by atoms with Gasteiger partial charge < -0.3 is 9.84 Å². The third-order valence-electron chi connectivity index (χ3n) is 4.31. The van der Waals surface area contributed by atoms with E-state index < -0.39 is 0 Å². The molecule has 3 heterocycles. The summed E-state index contributed by atoms with van der Waals surface area (Å²) in [6.45, 7) is 6.54. The van der Waals surface area contributed by atoms with Crippen LogP contribution >= 0.6 is 0 Å². The Balaban J connectivity index is 2.09. The zero-order valence-corrected chi connectivity index (χ0v) is 13.5.